The normalized spacial score (nSPS) is 22.6. The van der Waals surface area contributed by atoms with Gasteiger partial charge in [0.2, 0.25) is 0 Å². The van der Waals surface area contributed by atoms with Gasteiger partial charge in [0.05, 0.1) is 48.2 Å². The molecule has 0 bridgehead atoms. The highest BCUT2D eigenvalue weighted by Crippen LogP contribution is 2.52. The van der Waals surface area contributed by atoms with Gasteiger partial charge in [0.25, 0.3) is 0 Å². The molecular formula is C55H37NOS. The zero-order valence-electron chi connectivity index (χ0n) is 65.8. The van der Waals surface area contributed by atoms with Crippen LogP contribution < -0.4 is 4.90 Å². The Morgan fingerprint density at radius 3 is 1.97 bits per heavy atom. The molecule has 0 saturated carbocycles. The molecule has 0 fully saturated rings. The Hall–Kier alpha value is -6.94. The fraction of sp³-hybridized carbons (Fsp3) is 0.0545. The van der Waals surface area contributed by atoms with Gasteiger partial charge in [-0.2, -0.15) is 0 Å². The van der Waals surface area contributed by atoms with E-state index in [1.54, 1.807) is 0 Å². The molecule has 0 spiro atoms. The van der Waals surface area contributed by atoms with Crippen LogP contribution in [0.2, 0.25) is 0 Å². The maximum Gasteiger partial charge on any atom is 0.159 e. The zero-order chi connectivity index (χ0) is 70.5. The summed E-state index contributed by atoms with van der Waals surface area (Å²) in [6.45, 7) is -8.16. The van der Waals surface area contributed by atoms with Crippen molar-refractivity contribution in [1.29, 1.82) is 0 Å². The highest BCUT2D eigenvalue weighted by atomic mass is 32.1. The van der Waals surface area contributed by atoms with Crippen LogP contribution >= 0.6 is 11.3 Å². The van der Waals surface area contributed by atoms with E-state index in [9.17, 15) is 19.2 Å². The van der Waals surface area contributed by atoms with Crippen molar-refractivity contribution >= 4 is 81.3 Å². The molecule has 0 unspecified atom stereocenters. The van der Waals surface area contributed by atoms with E-state index in [0.717, 1.165) is 0 Å². The second-order valence-corrected chi connectivity index (χ2v) is 13.8. The van der Waals surface area contributed by atoms with Crippen LogP contribution in [0.5, 0.6) is 0 Å². The average Bonchev–Trinajstić information content (AvgIpc) is 1.52. The number of anilines is 3. The lowest BCUT2D eigenvalue weighted by atomic mass is 9.82. The van der Waals surface area contributed by atoms with E-state index in [4.69, 9.17) is 35.9 Å². The molecule has 9 aromatic carbocycles. The monoisotopic (exact) mass is 796 g/mol. The predicted molar refractivity (Wildman–Crippen MR) is 247 cm³/mol. The summed E-state index contributed by atoms with van der Waals surface area (Å²) in [4.78, 5) is 0.226. The number of rotatable bonds is 5. The third-order valence-corrected chi connectivity index (χ3v) is 10.7. The molecule has 0 N–H and O–H groups in total. The van der Waals surface area contributed by atoms with Crippen LogP contribution in [0.15, 0.2) is 192 Å². The van der Waals surface area contributed by atoms with Crippen molar-refractivity contribution in [2.24, 2.45) is 0 Å². The van der Waals surface area contributed by atoms with Crippen molar-refractivity contribution in [3.05, 3.63) is 198 Å². The minimum absolute atomic E-state index is 0.222. The van der Waals surface area contributed by atoms with E-state index in [-0.39, 0.29) is 25.1 Å². The van der Waals surface area contributed by atoms with Gasteiger partial charge in [0.15, 0.2) is 5.58 Å². The molecule has 3 heteroatoms. The minimum atomic E-state index is -4.08. The topological polar surface area (TPSA) is 16.4 Å². The summed E-state index contributed by atoms with van der Waals surface area (Å²) in [5.41, 5.74) is -17.6. The molecule has 11 aromatic rings. The molecule has 0 atom stereocenters. The van der Waals surface area contributed by atoms with Crippen LogP contribution in [0, 0.1) is 0 Å². The number of benzene rings is 9. The Balaban J connectivity index is 1.35. The van der Waals surface area contributed by atoms with Gasteiger partial charge in [-0.1, -0.05) is 159 Å². The predicted octanol–water partition coefficient (Wildman–Crippen LogP) is 16.2. The molecule has 2 heterocycles. The highest BCUT2D eigenvalue weighted by Gasteiger charge is 2.36. The fourth-order valence-electron chi connectivity index (χ4n) is 7.07. The molecular weight excluding hydrogens is 723 g/mol. The van der Waals surface area contributed by atoms with Crippen LogP contribution in [-0.4, -0.2) is 0 Å². The first-order valence-corrected chi connectivity index (χ1v) is 17.8. The van der Waals surface area contributed by atoms with Gasteiger partial charge in [-0.25, -0.2) is 0 Å². The van der Waals surface area contributed by atoms with Crippen molar-refractivity contribution in [3.8, 4) is 33.4 Å². The Morgan fingerprint density at radius 2 is 1.10 bits per heavy atom. The summed E-state index contributed by atoms with van der Waals surface area (Å²) in [7, 11) is 0. The van der Waals surface area contributed by atoms with Crippen LogP contribution in [0.1, 0.15) is 75.5 Å². The Labute approximate surface area is 392 Å². The fourth-order valence-corrected chi connectivity index (χ4v) is 8.14. The molecule has 0 amide bonds. The van der Waals surface area contributed by atoms with Crippen molar-refractivity contribution in [2.45, 2.75) is 19.1 Å². The van der Waals surface area contributed by atoms with Crippen molar-refractivity contribution in [3.63, 3.8) is 0 Å². The van der Waals surface area contributed by atoms with Gasteiger partial charge >= 0.3 is 0 Å². The average molecular weight is 797 g/mol. The number of nitrogens with zero attached hydrogens (tertiary/aromatic N) is 1. The summed E-state index contributed by atoms with van der Waals surface area (Å²) in [6, 6.07) is -34.0. The molecule has 2 nitrogen and oxygen atoms in total. The van der Waals surface area contributed by atoms with E-state index in [1.165, 1.54) is 0 Å². The lowest BCUT2D eigenvalue weighted by molar-refractivity contribution is 0.660. The lowest BCUT2D eigenvalue weighted by Gasteiger charge is -2.28. The molecule has 1 aliphatic carbocycles. The summed E-state index contributed by atoms with van der Waals surface area (Å²) >= 11 is 0.554. The second kappa shape index (κ2) is 12.5. The third kappa shape index (κ3) is 4.84. The first-order valence-electron chi connectivity index (χ1n) is 35.5. The maximum atomic E-state index is 10.3. The number of furan rings is 1. The van der Waals surface area contributed by atoms with E-state index in [0.29, 0.717) is 11.3 Å². The van der Waals surface area contributed by atoms with Gasteiger partial charge in [0.1, 0.15) is 5.58 Å². The molecule has 0 radical (unpaired) electrons. The zero-order valence-corrected chi connectivity index (χ0v) is 29.6. The molecule has 0 aliphatic heterocycles. The summed E-state index contributed by atoms with van der Waals surface area (Å²) in [6.07, 6.45) is 0. The number of fused-ring (bicyclic) bond motifs is 11. The Bertz CT molecular complexity index is 5410. The van der Waals surface area contributed by atoms with E-state index in [2.05, 4.69) is 0 Å². The first kappa shape index (κ1) is 13.0. The summed E-state index contributed by atoms with van der Waals surface area (Å²) < 4.78 is 346. The second-order valence-electron chi connectivity index (χ2n) is 12.8. The Kier molecular flexibility index (Phi) is 2.82. The van der Waals surface area contributed by atoms with Crippen molar-refractivity contribution in [2.75, 3.05) is 4.90 Å². The molecule has 58 heavy (non-hydrogen) atoms. The quantitative estimate of drug-likeness (QED) is 0.172. The van der Waals surface area contributed by atoms with Gasteiger partial charge in [-0.05, 0) is 86.6 Å². The van der Waals surface area contributed by atoms with E-state index in [1.807, 2.05) is 0 Å². The summed E-state index contributed by atoms with van der Waals surface area (Å²) in [5, 5.41) is -3.80. The maximum absolute atomic E-state index is 10.3. The largest absolute Gasteiger partial charge is 0.453 e. The number of hydrogen-bond acceptors (Lipinski definition) is 3. The van der Waals surface area contributed by atoms with Gasteiger partial charge in [-0.3, -0.25) is 0 Å². The molecule has 12 rings (SSSR count). The van der Waals surface area contributed by atoms with Crippen molar-refractivity contribution < 1.29 is 55.1 Å². The molecule has 0 saturated heterocycles. The lowest BCUT2D eigenvalue weighted by Crippen LogP contribution is -2.16. The number of thiophene rings is 1. The SMILES string of the molecule is [2H]c1c([2H])c([2H])c(-c2c([2H])c([2H])c(N(c3c([2H])c([2H])c4c(c3[2H])C(C([2H])([2H])[2H])(C([2H])([2H])[2H])c3c([2H])c([2H])c([2H])c([2H])c3-4)c3c([2H])c([2H])c([2H])c4c3oc3c5c([2H])c([2H])c([2H])c([2H])c5c(-c5c([2H])c([2H])c([2H])c6c5sc5c([2H])c([2H])c([2H])c([2H])c56)c([2H])c34)c([2H])c2[2H])c([2H])c1[2H]. The molecule has 274 valence electrons. The molecule has 2 aromatic heterocycles. The summed E-state index contributed by atoms with van der Waals surface area (Å²) in [5.74, 6) is 0. The van der Waals surface area contributed by atoms with E-state index < -0.39 is 301 Å². The Morgan fingerprint density at radius 1 is 0.466 bits per heavy atom. The number of para-hydroxylation sites is 1. The minimum Gasteiger partial charge on any atom is -0.453 e. The third-order valence-electron chi connectivity index (χ3n) is 9.61. The van der Waals surface area contributed by atoms with Crippen LogP contribution in [-0.2, 0) is 5.41 Å². The van der Waals surface area contributed by atoms with Crippen LogP contribution in [0.4, 0.5) is 17.1 Å². The highest BCUT2D eigenvalue weighted by molar-refractivity contribution is 7.26. The van der Waals surface area contributed by atoms with Crippen LogP contribution in [0.3, 0.4) is 0 Å². The van der Waals surface area contributed by atoms with Gasteiger partial charge in [-0.15, -0.1) is 11.3 Å². The standard InChI is InChI=1S/C55H37NOS/c1-55(2)48-23-10-8-17-39(48)40-31-30-37(32-49(40)55)56(36-28-26-35(27-29-36)34-14-4-3-5-15-34)50-24-13-20-43-47-33-46(38-16-6-7-19-42(38)52(47)57-53(43)50)45-22-12-21-44-41-18-9-11-25-51(41)58-54(44)45/h3-33H,1-2H3/i1D3,2D3,3D,4D,5D,6D,7D,8D,9D,10D,11D,12D,13D,14D,15D,16D,17D,18D,19D,20D,21D,22D,23D,24D,25D,26D,27D,28D,29D,30D,31D,32D,33D. The van der Waals surface area contributed by atoms with E-state index >= 15 is 0 Å². The van der Waals surface area contributed by atoms with Gasteiger partial charge < -0.3 is 9.32 Å². The van der Waals surface area contributed by atoms with Crippen LogP contribution in [0.25, 0.3) is 86.3 Å². The number of hydrogen-bond donors (Lipinski definition) is 0. The smallest absolute Gasteiger partial charge is 0.159 e. The first-order chi connectivity index (χ1) is 43.9. The van der Waals surface area contributed by atoms with Gasteiger partial charge in [0, 0.05) is 66.9 Å². The molecule has 1 aliphatic rings. The van der Waals surface area contributed by atoms with Crippen molar-refractivity contribution in [1.82, 2.24) is 0 Å².